The van der Waals surface area contributed by atoms with E-state index in [1.165, 1.54) is 7.11 Å². The molecule has 0 aromatic heterocycles. The first-order valence-corrected chi connectivity index (χ1v) is 4.49. The van der Waals surface area contributed by atoms with Gasteiger partial charge in [-0.3, -0.25) is 0 Å². The van der Waals surface area contributed by atoms with E-state index in [9.17, 15) is 4.79 Å². The van der Waals surface area contributed by atoms with Crippen LogP contribution in [0.5, 0.6) is 0 Å². The Kier molecular flexibility index (Phi) is 1.84. The lowest BCUT2D eigenvalue weighted by atomic mass is 9.78. The van der Waals surface area contributed by atoms with Gasteiger partial charge in [0.25, 0.3) is 5.06 Å². The number of methoxy groups -OCH3 is 2. The summed E-state index contributed by atoms with van der Waals surface area (Å²) in [6.45, 7) is 0. The molecule has 0 N–H and O–H groups in total. The maximum Gasteiger partial charge on any atom is 0.357 e. The second-order valence-corrected chi connectivity index (χ2v) is 3.87. The number of halogens is 1. The molecule has 1 saturated heterocycles. The van der Waals surface area contributed by atoms with Gasteiger partial charge in [-0.15, -0.1) is 0 Å². The number of epoxide rings is 1. The molecule has 4 nitrogen and oxygen atoms in total. The molecule has 74 valence electrons. The number of carbonyl (C=O) groups is 1. The molecule has 2 aliphatic rings. The van der Waals surface area contributed by atoms with Gasteiger partial charge in [0.2, 0.25) is 0 Å². The zero-order valence-corrected chi connectivity index (χ0v) is 8.26. The average molecular weight is 207 g/mol. The first-order chi connectivity index (χ1) is 6.10. The monoisotopic (exact) mass is 206 g/mol. The molecular weight excluding hydrogens is 196 g/mol. The Labute approximate surface area is 81.1 Å². The summed E-state index contributed by atoms with van der Waals surface area (Å²) >= 11 is 5.95. The molecule has 3 unspecified atom stereocenters. The number of hydrogen-bond acceptors (Lipinski definition) is 4. The zero-order chi connectivity index (χ0) is 9.69. The second kappa shape index (κ2) is 2.59. The van der Waals surface area contributed by atoms with Crippen LogP contribution >= 0.6 is 11.6 Å². The maximum atomic E-state index is 11.2. The molecule has 1 heterocycles. The van der Waals surface area contributed by atoms with E-state index in [0.717, 1.165) is 12.8 Å². The van der Waals surface area contributed by atoms with Crippen LogP contribution in [0.1, 0.15) is 12.8 Å². The summed E-state index contributed by atoms with van der Waals surface area (Å²) in [6, 6.07) is 0. The van der Waals surface area contributed by atoms with Crippen LogP contribution in [0, 0.1) is 0 Å². The predicted octanol–water partition coefficient (Wildman–Crippen LogP) is 0.672. The van der Waals surface area contributed by atoms with Crippen molar-refractivity contribution in [2.24, 2.45) is 0 Å². The van der Waals surface area contributed by atoms with Gasteiger partial charge in [-0.25, -0.2) is 4.79 Å². The van der Waals surface area contributed by atoms with Crippen molar-refractivity contribution in [2.45, 2.75) is 29.6 Å². The molecule has 0 aromatic rings. The molecule has 13 heavy (non-hydrogen) atoms. The Morgan fingerprint density at radius 2 is 2.31 bits per heavy atom. The number of hydrogen-bond donors (Lipinski definition) is 0. The molecule has 0 aromatic carbocycles. The molecule has 0 radical (unpaired) electrons. The largest absolute Gasteiger partial charge is 0.466 e. The van der Waals surface area contributed by atoms with Crippen molar-refractivity contribution >= 4 is 17.6 Å². The van der Waals surface area contributed by atoms with E-state index in [2.05, 4.69) is 4.74 Å². The van der Waals surface area contributed by atoms with Gasteiger partial charge in [0.05, 0.1) is 13.2 Å². The maximum absolute atomic E-state index is 11.2. The van der Waals surface area contributed by atoms with Gasteiger partial charge in [-0.05, 0) is 12.8 Å². The van der Waals surface area contributed by atoms with E-state index in [1.807, 2.05) is 0 Å². The van der Waals surface area contributed by atoms with Crippen LogP contribution in [0.3, 0.4) is 0 Å². The van der Waals surface area contributed by atoms with Gasteiger partial charge in [-0.1, -0.05) is 11.6 Å². The van der Waals surface area contributed by atoms with E-state index < -0.39 is 16.6 Å². The molecule has 1 spiro atoms. The highest BCUT2D eigenvalue weighted by molar-refractivity contribution is 6.36. The number of ether oxygens (including phenoxy) is 3. The lowest BCUT2D eigenvalue weighted by molar-refractivity contribution is -0.144. The Bertz CT molecular complexity index is 255. The highest BCUT2D eigenvalue weighted by Crippen LogP contribution is 2.63. The summed E-state index contributed by atoms with van der Waals surface area (Å²) in [5, 5.41) is -1.29. The summed E-state index contributed by atoms with van der Waals surface area (Å²) < 4.78 is 14.9. The molecule has 2 fully saturated rings. The van der Waals surface area contributed by atoms with Gasteiger partial charge >= 0.3 is 5.97 Å². The van der Waals surface area contributed by atoms with Gasteiger partial charge < -0.3 is 14.2 Å². The van der Waals surface area contributed by atoms with Crippen molar-refractivity contribution in [3.05, 3.63) is 0 Å². The fourth-order valence-corrected chi connectivity index (χ4v) is 2.32. The normalized spacial score (nSPS) is 47.2. The standard InChI is InChI=1S/C8H11ClO4/c1-11-5-3-4-7(5)8(9,13-7)6(10)12-2/h5H,3-4H2,1-2H3. The van der Waals surface area contributed by atoms with Crippen LogP contribution in [0.2, 0.25) is 0 Å². The van der Waals surface area contributed by atoms with Crippen molar-refractivity contribution in [3.8, 4) is 0 Å². The van der Waals surface area contributed by atoms with Crippen molar-refractivity contribution < 1.29 is 19.0 Å². The smallest absolute Gasteiger partial charge is 0.357 e. The van der Waals surface area contributed by atoms with Gasteiger partial charge in [0, 0.05) is 7.11 Å². The highest BCUT2D eigenvalue weighted by atomic mass is 35.5. The van der Waals surface area contributed by atoms with Gasteiger partial charge in [0.1, 0.15) is 0 Å². The second-order valence-electron chi connectivity index (χ2n) is 3.34. The van der Waals surface area contributed by atoms with E-state index in [-0.39, 0.29) is 6.10 Å². The summed E-state index contributed by atoms with van der Waals surface area (Å²) in [4.78, 5) is 11.2. The quantitative estimate of drug-likeness (QED) is 0.379. The molecule has 1 saturated carbocycles. The van der Waals surface area contributed by atoms with E-state index >= 15 is 0 Å². The Morgan fingerprint density at radius 3 is 2.69 bits per heavy atom. The first kappa shape index (κ1) is 9.24. The van der Waals surface area contributed by atoms with Gasteiger partial charge in [0.15, 0.2) is 5.60 Å². The summed E-state index contributed by atoms with van der Waals surface area (Å²) in [6.07, 6.45) is 1.55. The third kappa shape index (κ3) is 0.910. The molecular formula is C8H11ClO4. The van der Waals surface area contributed by atoms with Crippen LogP contribution in [-0.2, 0) is 19.0 Å². The Morgan fingerprint density at radius 1 is 1.62 bits per heavy atom. The summed E-state index contributed by atoms with van der Waals surface area (Å²) in [7, 11) is 2.88. The Balaban J connectivity index is 2.11. The first-order valence-electron chi connectivity index (χ1n) is 4.11. The topological polar surface area (TPSA) is 48.1 Å². The van der Waals surface area contributed by atoms with Crippen LogP contribution in [-0.4, -0.2) is 37.0 Å². The lowest BCUT2D eigenvalue weighted by Crippen LogP contribution is -2.48. The third-order valence-electron chi connectivity index (χ3n) is 2.86. The molecule has 5 heteroatoms. The lowest BCUT2D eigenvalue weighted by Gasteiger charge is -2.33. The van der Waals surface area contributed by atoms with E-state index in [1.54, 1.807) is 7.11 Å². The summed E-state index contributed by atoms with van der Waals surface area (Å²) in [5.74, 6) is -0.532. The number of alkyl halides is 1. The third-order valence-corrected chi connectivity index (χ3v) is 3.41. The highest BCUT2D eigenvalue weighted by Gasteiger charge is 2.82. The minimum absolute atomic E-state index is 0.0795. The fraction of sp³-hybridized carbons (Fsp3) is 0.875. The average Bonchev–Trinajstić information content (AvgIpc) is 2.74. The minimum Gasteiger partial charge on any atom is -0.466 e. The van der Waals surface area contributed by atoms with Crippen molar-refractivity contribution in [1.82, 2.24) is 0 Å². The molecule has 0 bridgehead atoms. The summed E-state index contributed by atoms with van der Waals surface area (Å²) in [5.41, 5.74) is -0.615. The molecule has 3 atom stereocenters. The number of esters is 1. The molecule has 1 aliphatic heterocycles. The van der Waals surface area contributed by atoms with E-state index in [0.29, 0.717) is 0 Å². The fourth-order valence-electron chi connectivity index (χ4n) is 1.89. The predicted molar refractivity (Wildman–Crippen MR) is 44.4 cm³/mol. The number of carbonyl (C=O) groups excluding carboxylic acids is 1. The van der Waals surface area contributed by atoms with Crippen molar-refractivity contribution in [2.75, 3.05) is 14.2 Å². The van der Waals surface area contributed by atoms with E-state index in [4.69, 9.17) is 21.1 Å². The minimum atomic E-state index is -1.29. The van der Waals surface area contributed by atoms with Crippen LogP contribution in [0.15, 0.2) is 0 Å². The van der Waals surface area contributed by atoms with Crippen molar-refractivity contribution in [3.63, 3.8) is 0 Å². The molecule has 0 amide bonds. The molecule has 1 aliphatic carbocycles. The van der Waals surface area contributed by atoms with Crippen LogP contribution < -0.4 is 0 Å². The Hall–Kier alpha value is -0.320. The van der Waals surface area contributed by atoms with Crippen LogP contribution in [0.4, 0.5) is 0 Å². The zero-order valence-electron chi connectivity index (χ0n) is 7.50. The van der Waals surface area contributed by atoms with Crippen molar-refractivity contribution in [1.29, 1.82) is 0 Å². The SMILES string of the molecule is COC(=O)C1(Cl)OC12CCC2OC. The van der Waals surface area contributed by atoms with Crippen LogP contribution in [0.25, 0.3) is 0 Å². The molecule has 2 rings (SSSR count). The van der Waals surface area contributed by atoms with Gasteiger partial charge in [-0.2, -0.15) is 0 Å². The number of rotatable bonds is 2.